The summed E-state index contributed by atoms with van der Waals surface area (Å²) in [6.45, 7) is 4.71. The maximum Gasteiger partial charge on any atom is 0.333 e. The van der Waals surface area contributed by atoms with Crippen LogP contribution in [-0.2, 0) is 47.9 Å². The van der Waals surface area contributed by atoms with Gasteiger partial charge in [0.1, 0.15) is 0 Å². The summed E-state index contributed by atoms with van der Waals surface area (Å²) in [7, 11) is 0. The van der Waals surface area contributed by atoms with E-state index in [1.165, 1.54) is 0 Å². The predicted molar refractivity (Wildman–Crippen MR) is 108 cm³/mol. The van der Waals surface area contributed by atoms with Crippen LogP contribution in [0.2, 0.25) is 0 Å². The number of hydrogen-bond acceptors (Lipinski definition) is 10. The molecule has 0 atom stereocenters. The third kappa shape index (κ3) is 8.89. The highest BCUT2D eigenvalue weighted by molar-refractivity contribution is 6.02. The number of nitrogens with zero attached hydrogens (tertiary/aromatic N) is 2. The van der Waals surface area contributed by atoms with E-state index in [4.69, 9.17) is 19.1 Å². The van der Waals surface area contributed by atoms with E-state index in [2.05, 4.69) is 0 Å². The van der Waals surface area contributed by atoms with Crippen molar-refractivity contribution in [1.82, 2.24) is 10.1 Å². The fraction of sp³-hybridized carbons (Fsp3) is 0.714. The number of carbonyl (C=O) groups excluding carboxylic acids is 6. The van der Waals surface area contributed by atoms with Crippen LogP contribution in [-0.4, -0.2) is 71.1 Å². The van der Waals surface area contributed by atoms with Crippen molar-refractivity contribution in [2.45, 2.75) is 77.2 Å². The molecule has 2 rings (SSSR count). The molecule has 184 valence electrons. The first-order valence-corrected chi connectivity index (χ1v) is 10.9. The molecule has 0 radical (unpaired) electrons. The summed E-state index contributed by atoms with van der Waals surface area (Å²) in [5, 5.41) is 1.05. The highest BCUT2D eigenvalue weighted by atomic mass is 16.7. The van der Waals surface area contributed by atoms with Gasteiger partial charge in [0.15, 0.2) is 0 Å². The van der Waals surface area contributed by atoms with Gasteiger partial charge in [-0.15, -0.1) is 10.1 Å². The minimum atomic E-state index is -0.666. The molecule has 0 aromatic heterocycles. The van der Waals surface area contributed by atoms with Crippen LogP contribution in [0.25, 0.3) is 0 Å². The van der Waals surface area contributed by atoms with Gasteiger partial charge in [-0.3, -0.25) is 19.2 Å². The number of amides is 4. The Balaban J connectivity index is 1.49. The van der Waals surface area contributed by atoms with Crippen molar-refractivity contribution >= 4 is 35.6 Å². The monoisotopic (exact) mass is 470 g/mol. The van der Waals surface area contributed by atoms with Gasteiger partial charge in [-0.25, -0.2) is 9.59 Å². The summed E-state index contributed by atoms with van der Waals surface area (Å²) in [5.74, 6) is -3.39. The van der Waals surface area contributed by atoms with Crippen LogP contribution in [0, 0.1) is 0 Å². The fourth-order valence-electron chi connectivity index (χ4n) is 2.99. The normalized spacial score (nSPS) is 16.7. The van der Waals surface area contributed by atoms with Crippen molar-refractivity contribution in [3.63, 3.8) is 0 Å². The highest BCUT2D eigenvalue weighted by Gasteiger charge is 2.33. The van der Waals surface area contributed by atoms with Crippen molar-refractivity contribution in [1.29, 1.82) is 0 Å². The Bertz CT molecular complexity index is 747. The topological polar surface area (TPSA) is 146 Å². The van der Waals surface area contributed by atoms with Gasteiger partial charge in [-0.2, -0.15) is 0 Å². The van der Waals surface area contributed by atoms with Gasteiger partial charge >= 0.3 is 11.9 Å². The lowest BCUT2D eigenvalue weighted by molar-refractivity contribution is -0.197. The second-order valence-corrected chi connectivity index (χ2v) is 8.27. The van der Waals surface area contributed by atoms with Crippen LogP contribution in [0.3, 0.4) is 0 Å². The molecule has 2 aliphatic rings. The van der Waals surface area contributed by atoms with E-state index in [1.807, 2.05) is 13.8 Å². The van der Waals surface area contributed by atoms with Crippen LogP contribution in [0.5, 0.6) is 0 Å². The maximum absolute atomic E-state index is 11.8. The standard InChI is InChI=1S/C21H30N2O10/c1-21(2,31-13-4-6-20(29)33-23-17(26)9-10-18(23)27)11-14-30-12-3-5-19(28)32-22-15(24)7-8-16(22)25/h3-14H2,1-2H3. The Morgan fingerprint density at radius 2 is 1.15 bits per heavy atom. The molecule has 0 aromatic carbocycles. The van der Waals surface area contributed by atoms with E-state index in [-0.39, 0.29) is 45.1 Å². The summed E-state index contributed by atoms with van der Waals surface area (Å²) in [5.41, 5.74) is -0.514. The van der Waals surface area contributed by atoms with Crippen molar-refractivity contribution in [2.75, 3.05) is 19.8 Å². The van der Waals surface area contributed by atoms with Crippen molar-refractivity contribution in [2.24, 2.45) is 0 Å². The second kappa shape index (κ2) is 12.4. The Morgan fingerprint density at radius 1 is 0.727 bits per heavy atom. The first-order valence-electron chi connectivity index (χ1n) is 10.9. The van der Waals surface area contributed by atoms with E-state index in [0.29, 0.717) is 42.6 Å². The van der Waals surface area contributed by atoms with Gasteiger partial charge in [0.05, 0.1) is 18.4 Å². The Hall–Kier alpha value is -2.86. The summed E-state index contributed by atoms with van der Waals surface area (Å²) in [6.07, 6.45) is 1.54. The zero-order chi connectivity index (χ0) is 24.4. The maximum atomic E-state index is 11.8. The number of carbonyl (C=O) groups is 6. The zero-order valence-electron chi connectivity index (χ0n) is 19.0. The van der Waals surface area contributed by atoms with Gasteiger partial charge in [-0.05, 0) is 33.1 Å². The Labute approximate surface area is 191 Å². The molecule has 4 amide bonds. The molecular formula is C21H30N2O10. The van der Waals surface area contributed by atoms with Gasteiger partial charge < -0.3 is 19.1 Å². The SMILES string of the molecule is CC(C)(CCOCCCC(=O)ON1C(=O)CCC1=O)OCCCC(=O)ON1C(=O)CCC1=O. The molecule has 2 aliphatic heterocycles. The first-order chi connectivity index (χ1) is 15.6. The van der Waals surface area contributed by atoms with Crippen molar-refractivity contribution in [3.8, 4) is 0 Å². The quantitative estimate of drug-likeness (QED) is 0.266. The molecule has 2 fully saturated rings. The third-order valence-electron chi connectivity index (χ3n) is 4.93. The van der Waals surface area contributed by atoms with Gasteiger partial charge in [0.2, 0.25) is 0 Å². The number of ether oxygens (including phenoxy) is 2. The minimum Gasteiger partial charge on any atom is -0.381 e. The van der Waals surface area contributed by atoms with E-state index in [1.54, 1.807) is 0 Å². The van der Waals surface area contributed by atoms with E-state index >= 15 is 0 Å². The molecule has 12 heteroatoms. The lowest BCUT2D eigenvalue weighted by Gasteiger charge is -2.25. The molecular weight excluding hydrogens is 440 g/mol. The summed E-state index contributed by atoms with van der Waals surface area (Å²) >= 11 is 0. The fourth-order valence-corrected chi connectivity index (χ4v) is 2.99. The highest BCUT2D eigenvalue weighted by Crippen LogP contribution is 2.17. The molecule has 0 aliphatic carbocycles. The lowest BCUT2D eigenvalue weighted by atomic mass is 10.1. The summed E-state index contributed by atoms with van der Waals surface area (Å²) < 4.78 is 11.2. The average Bonchev–Trinajstić information content (AvgIpc) is 3.24. The van der Waals surface area contributed by atoms with E-state index < -0.39 is 41.2 Å². The number of imide groups is 2. The number of hydrogen-bond donors (Lipinski definition) is 0. The first kappa shape index (κ1) is 26.4. The molecule has 0 bridgehead atoms. The molecule has 33 heavy (non-hydrogen) atoms. The minimum absolute atomic E-state index is 0.00830. The van der Waals surface area contributed by atoms with Gasteiger partial charge in [0, 0.05) is 45.5 Å². The van der Waals surface area contributed by atoms with Crippen LogP contribution in [0.1, 0.15) is 71.6 Å². The van der Waals surface area contributed by atoms with Crippen LogP contribution in [0.4, 0.5) is 0 Å². The number of hydroxylamine groups is 4. The summed E-state index contributed by atoms with van der Waals surface area (Å²) in [4.78, 5) is 78.6. The molecule has 0 saturated carbocycles. The largest absolute Gasteiger partial charge is 0.381 e. The predicted octanol–water partition coefficient (Wildman–Crippen LogP) is 0.963. The molecule has 12 nitrogen and oxygen atoms in total. The van der Waals surface area contributed by atoms with Crippen LogP contribution >= 0.6 is 0 Å². The van der Waals surface area contributed by atoms with Crippen molar-refractivity contribution in [3.05, 3.63) is 0 Å². The second-order valence-electron chi connectivity index (χ2n) is 8.27. The van der Waals surface area contributed by atoms with Crippen LogP contribution in [0.15, 0.2) is 0 Å². The number of rotatable bonds is 14. The Morgan fingerprint density at radius 3 is 1.61 bits per heavy atom. The molecule has 0 unspecified atom stereocenters. The molecule has 0 spiro atoms. The molecule has 2 heterocycles. The smallest absolute Gasteiger partial charge is 0.333 e. The average molecular weight is 470 g/mol. The van der Waals surface area contributed by atoms with Crippen molar-refractivity contribution < 1.29 is 47.9 Å². The Kier molecular flexibility index (Phi) is 9.92. The molecule has 0 N–H and O–H groups in total. The van der Waals surface area contributed by atoms with Crippen LogP contribution < -0.4 is 0 Å². The third-order valence-corrected chi connectivity index (χ3v) is 4.93. The summed E-state index contributed by atoms with van der Waals surface area (Å²) in [6, 6.07) is 0. The van der Waals surface area contributed by atoms with E-state index in [0.717, 1.165) is 0 Å². The molecule has 0 aromatic rings. The van der Waals surface area contributed by atoms with Gasteiger partial charge in [0.25, 0.3) is 23.6 Å². The molecule has 2 saturated heterocycles. The lowest BCUT2D eigenvalue weighted by Crippen LogP contribution is -2.32. The van der Waals surface area contributed by atoms with Gasteiger partial charge in [-0.1, -0.05) is 0 Å². The zero-order valence-corrected chi connectivity index (χ0v) is 19.0. The van der Waals surface area contributed by atoms with E-state index in [9.17, 15) is 28.8 Å².